The van der Waals surface area contributed by atoms with Crippen LogP contribution in [0.15, 0.2) is 78.9 Å². The van der Waals surface area contributed by atoms with Gasteiger partial charge in [0.05, 0.1) is 0 Å². The highest BCUT2D eigenvalue weighted by atomic mass is 14.4. The molecular weight excluding hydrogens is 444 g/mol. The molecule has 0 aliphatic heterocycles. The highest BCUT2D eigenvalue weighted by Crippen LogP contribution is 2.50. The predicted octanol–water partition coefficient (Wildman–Crippen LogP) is 10.5. The minimum absolute atomic E-state index is 0.00822. The predicted molar refractivity (Wildman–Crippen MR) is 162 cm³/mol. The minimum Gasteiger partial charge on any atom is -0.0622 e. The van der Waals surface area contributed by atoms with Gasteiger partial charge in [-0.15, -0.1) is 0 Å². The Morgan fingerprint density at radius 3 is 1.62 bits per heavy atom. The fraction of sp³-hybridized carbons (Fsp3) is 0.351. The Bertz CT molecular complexity index is 1430. The van der Waals surface area contributed by atoms with Crippen LogP contribution < -0.4 is 0 Å². The zero-order valence-corrected chi connectivity index (χ0v) is 24.2. The molecule has 190 valence electrons. The topological polar surface area (TPSA) is 0 Å². The van der Waals surface area contributed by atoms with Crippen LogP contribution in [0, 0.1) is 0 Å². The zero-order valence-electron chi connectivity index (χ0n) is 24.2. The highest BCUT2D eigenvalue weighted by Gasteiger charge is 2.32. The number of rotatable bonds is 2. The summed E-state index contributed by atoms with van der Waals surface area (Å²) in [6.07, 6.45) is 1.00. The summed E-state index contributed by atoms with van der Waals surface area (Å²) >= 11 is 0. The second-order valence-corrected chi connectivity index (χ2v) is 14.0. The minimum atomic E-state index is -0.00822. The maximum atomic E-state index is 2.45. The molecule has 0 bridgehead atoms. The monoisotopic (exact) mass is 486 g/mol. The van der Waals surface area contributed by atoms with E-state index >= 15 is 0 Å². The van der Waals surface area contributed by atoms with Gasteiger partial charge in [0.1, 0.15) is 0 Å². The van der Waals surface area contributed by atoms with Crippen molar-refractivity contribution in [2.75, 3.05) is 0 Å². The average Bonchev–Trinajstić information content (AvgIpc) is 3.20. The first kappa shape index (κ1) is 25.5. The fourth-order valence-corrected chi connectivity index (χ4v) is 5.85. The van der Waals surface area contributed by atoms with Crippen LogP contribution in [0.4, 0.5) is 0 Å². The van der Waals surface area contributed by atoms with E-state index in [2.05, 4.69) is 141 Å². The van der Waals surface area contributed by atoms with E-state index in [1.54, 1.807) is 0 Å². The molecule has 0 nitrogen and oxygen atoms in total. The molecule has 0 saturated carbocycles. The Kier molecular flexibility index (Phi) is 6.02. The van der Waals surface area contributed by atoms with E-state index in [1.165, 1.54) is 61.2 Å². The molecule has 0 heteroatoms. The van der Waals surface area contributed by atoms with Crippen LogP contribution in [0.5, 0.6) is 0 Å². The fourth-order valence-electron chi connectivity index (χ4n) is 5.85. The van der Waals surface area contributed by atoms with Crippen LogP contribution in [0.1, 0.15) is 90.1 Å². The first-order valence-electron chi connectivity index (χ1n) is 13.8. The molecule has 0 atom stereocenters. The van der Waals surface area contributed by atoms with Gasteiger partial charge in [0.2, 0.25) is 0 Å². The van der Waals surface area contributed by atoms with E-state index in [1.807, 2.05) is 0 Å². The first-order valence-corrected chi connectivity index (χ1v) is 13.8. The van der Waals surface area contributed by atoms with Crippen molar-refractivity contribution in [2.45, 2.75) is 85.0 Å². The largest absolute Gasteiger partial charge is 0.0622 e. The molecule has 0 aromatic heterocycles. The van der Waals surface area contributed by atoms with Crippen molar-refractivity contribution < 1.29 is 0 Å². The van der Waals surface area contributed by atoms with E-state index in [0.717, 1.165) is 6.42 Å². The van der Waals surface area contributed by atoms with Crippen molar-refractivity contribution >= 4 is 0 Å². The smallest absolute Gasteiger partial charge is 0.00131 e. The molecule has 0 fully saturated rings. The van der Waals surface area contributed by atoms with E-state index < -0.39 is 0 Å². The number of hydrogen-bond donors (Lipinski definition) is 0. The summed E-state index contributed by atoms with van der Waals surface area (Å²) in [6, 6.07) is 29.9. The van der Waals surface area contributed by atoms with Crippen LogP contribution in [-0.2, 0) is 22.7 Å². The van der Waals surface area contributed by atoms with Crippen molar-refractivity contribution in [3.8, 4) is 33.4 Å². The molecule has 0 amide bonds. The molecule has 4 aromatic carbocycles. The molecule has 4 aromatic rings. The van der Waals surface area contributed by atoms with E-state index in [9.17, 15) is 0 Å². The van der Waals surface area contributed by atoms with Gasteiger partial charge in [-0.3, -0.25) is 0 Å². The third-order valence-electron chi connectivity index (χ3n) is 7.88. The average molecular weight is 487 g/mol. The summed E-state index contributed by atoms with van der Waals surface area (Å²) in [4.78, 5) is 0. The normalized spacial score (nSPS) is 13.4. The summed E-state index contributed by atoms with van der Waals surface area (Å²) in [7, 11) is 0. The summed E-state index contributed by atoms with van der Waals surface area (Å²) < 4.78 is 0. The van der Waals surface area contributed by atoms with E-state index in [0.29, 0.717) is 0 Å². The molecule has 0 saturated heterocycles. The Balaban J connectivity index is 1.84. The lowest BCUT2D eigenvalue weighted by atomic mass is 9.74. The van der Waals surface area contributed by atoms with Crippen molar-refractivity contribution in [2.24, 2.45) is 0 Å². The summed E-state index contributed by atoms with van der Waals surface area (Å²) in [5.41, 5.74) is 15.6. The molecule has 0 spiro atoms. The van der Waals surface area contributed by atoms with Crippen molar-refractivity contribution in [3.05, 3.63) is 107 Å². The number of fused-ring (bicyclic) bond motifs is 3. The zero-order chi connectivity index (χ0) is 26.8. The molecule has 1 aliphatic carbocycles. The van der Waals surface area contributed by atoms with Crippen LogP contribution >= 0.6 is 0 Å². The highest BCUT2D eigenvalue weighted by molar-refractivity contribution is 5.95. The maximum absolute atomic E-state index is 2.45. The van der Waals surface area contributed by atoms with E-state index in [-0.39, 0.29) is 16.2 Å². The standard InChI is InChI=1S/C37H42/c1-35(2,3)28-21-27(22-29(23-28)36(4,5)6)31-19-18-26-20-25-16-13-17-30(24-14-11-10-12-15-24)32(25)33(26)34(31)37(7,8)9/h10-19,21-23H,20H2,1-9H3. The lowest BCUT2D eigenvalue weighted by Gasteiger charge is -2.30. The van der Waals surface area contributed by atoms with Crippen LogP contribution in [0.3, 0.4) is 0 Å². The van der Waals surface area contributed by atoms with Crippen LogP contribution in [-0.4, -0.2) is 0 Å². The van der Waals surface area contributed by atoms with Crippen molar-refractivity contribution in [1.82, 2.24) is 0 Å². The van der Waals surface area contributed by atoms with Crippen LogP contribution in [0.25, 0.3) is 33.4 Å². The van der Waals surface area contributed by atoms with Gasteiger partial charge in [-0.05, 0) is 83.9 Å². The van der Waals surface area contributed by atoms with Gasteiger partial charge < -0.3 is 0 Å². The summed E-state index contributed by atoms with van der Waals surface area (Å²) in [5, 5.41) is 0. The van der Waals surface area contributed by atoms with Gasteiger partial charge in [-0.25, -0.2) is 0 Å². The molecule has 1 aliphatic rings. The summed E-state index contributed by atoms with van der Waals surface area (Å²) in [5.74, 6) is 0. The summed E-state index contributed by atoms with van der Waals surface area (Å²) in [6.45, 7) is 21.1. The van der Waals surface area contributed by atoms with E-state index in [4.69, 9.17) is 0 Å². The Labute approximate surface area is 224 Å². The van der Waals surface area contributed by atoms with Gasteiger partial charge in [-0.2, -0.15) is 0 Å². The lowest BCUT2D eigenvalue weighted by molar-refractivity contribution is 0.568. The Morgan fingerprint density at radius 2 is 1.05 bits per heavy atom. The first-order chi connectivity index (χ1) is 17.2. The van der Waals surface area contributed by atoms with Crippen LogP contribution in [0.2, 0.25) is 0 Å². The second-order valence-electron chi connectivity index (χ2n) is 14.0. The lowest BCUT2D eigenvalue weighted by Crippen LogP contribution is -2.18. The van der Waals surface area contributed by atoms with Crippen molar-refractivity contribution in [1.29, 1.82) is 0 Å². The van der Waals surface area contributed by atoms with Gasteiger partial charge >= 0.3 is 0 Å². The second kappa shape index (κ2) is 8.73. The third kappa shape index (κ3) is 4.68. The van der Waals surface area contributed by atoms with Gasteiger partial charge in [0, 0.05) is 0 Å². The molecule has 0 unspecified atom stereocenters. The molecule has 0 radical (unpaired) electrons. The molecule has 0 heterocycles. The quantitative estimate of drug-likeness (QED) is 0.233. The molecular formula is C37H42. The molecule has 5 rings (SSSR count). The SMILES string of the molecule is CC(C)(C)c1cc(-c2ccc3c(c2C(C)(C)C)-c2c(cccc2-c2ccccc2)C3)cc(C(C)(C)C)c1. The number of hydrogen-bond acceptors (Lipinski definition) is 0. The number of benzene rings is 4. The Hall–Kier alpha value is -3.12. The molecule has 37 heavy (non-hydrogen) atoms. The van der Waals surface area contributed by atoms with Gasteiger partial charge in [0.25, 0.3) is 0 Å². The maximum Gasteiger partial charge on any atom is -0.00131 e. The van der Waals surface area contributed by atoms with Gasteiger partial charge in [-0.1, -0.05) is 141 Å². The Morgan fingerprint density at radius 1 is 0.459 bits per heavy atom. The van der Waals surface area contributed by atoms with Crippen molar-refractivity contribution in [3.63, 3.8) is 0 Å². The third-order valence-corrected chi connectivity index (χ3v) is 7.88. The molecule has 0 N–H and O–H groups in total. The van der Waals surface area contributed by atoms with Gasteiger partial charge in [0.15, 0.2) is 0 Å².